The molecule has 1 aliphatic rings. The van der Waals surface area contributed by atoms with Crippen LogP contribution in [0.25, 0.3) is 0 Å². The molecule has 2 aromatic rings. The molecule has 1 aliphatic carbocycles. The van der Waals surface area contributed by atoms with E-state index in [1.165, 1.54) is 25.5 Å². The predicted molar refractivity (Wildman–Crippen MR) is 113 cm³/mol. The molecule has 0 aliphatic heterocycles. The molecule has 0 unspecified atom stereocenters. The first-order chi connectivity index (χ1) is 13.1. The summed E-state index contributed by atoms with van der Waals surface area (Å²) in [5.41, 5.74) is 2.69. The molecule has 0 bridgehead atoms. The van der Waals surface area contributed by atoms with Crippen LogP contribution in [0.3, 0.4) is 0 Å². The Kier molecular flexibility index (Phi) is 6.45. The van der Waals surface area contributed by atoms with Crippen LogP contribution in [0.15, 0.2) is 54.6 Å². The molecule has 5 heteroatoms. The summed E-state index contributed by atoms with van der Waals surface area (Å²) in [4.78, 5) is 11.7. The Bertz CT molecular complexity index is 786. The van der Waals surface area contributed by atoms with Crippen molar-refractivity contribution >= 4 is 29.0 Å². The van der Waals surface area contributed by atoms with Crippen molar-refractivity contribution in [3.8, 4) is 0 Å². The third-order valence-corrected chi connectivity index (χ3v) is 5.42. The second kappa shape index (κ2) is 9.00. The average molecular weight is 383 g/mol. The quantitative estimate of drug-likeness (QED) is 0.560. The molecule has 4 nitrogen and oxygen atoms in total. The van der Waals surface area contributed by atoms with Crippen LogP contribution in [-0.4, -0.2) is 23.7 Å². The van der Waals surface area contributed by atoms with Crippen LogP contribution in [0.2, 0.25) is 0 Å². The Morgan fingerprint density at radius 1 is 1.11 bits per heavy atom. The van der Waals surface area contributed by atoms with Gasteiger partial charge in [0.2, 0.25) is 0 Å². The Morgan fingerprint density at radius 2 is 1.85 bits per heavy atom. The number of carbonyl (C=O) groups is 1. The number of hydrogen-bond donors (Lipinski definition) is 2. The van der Waals surface area contributed by atoms with Gasteiger partial charge in [-0.25, -0.2) is 4.79 Å². The molecule has 0 amide bonds. The van der Waals surface area contributed by atoms with Crippen LogP contribution in [-0.2, 0) is 11.2 Å². The summed E-state index contributed by atoms with van der Waals surface area (Å²) in [6.07, 6.45) is 6.80. The number of hydrogen-bond acceptors (Lipinski definition) is 3. The highest BCUT2D eigenvalue weighted by Gasteiger charge is 2.34. The van der Waals surface area contributed by atoms with E-state index in [0.717, 1.165) is 31.4 Å². The third kappa shape index (κ3) is 5.30. The van der Waals surface area contributed by atoms with Crippen molar-refractivity contribution in [3.63, 3.8) is 0 Å². The SMILES string of the molecule is COC(=O)c1cccc(NC(=S)NC2(CCc3ccccc3)CCCC2)c1. The van der Waals surface area contributed by atoms with Crippen molar-refractivity contribution < 1.29 is 9.53 Å². The van der Waals surface area contributed by atoms with E-state index < -0.39 is 0 Å². The highest BCUT2D eigenvalue weighted by molar-refractivity contribution is 7.80. The van der Waals surface area contributed by atoms with Crippen LogP contribution < -0.4 is 10.6 Å². The molecule has 0 atom stereocenters. The second-order valence-electron chi connectivity index (χ2n) is 7.12. The average Bonchev–Trinajstić information content (AvgIpc) is 3.15. The molecule has 0 saturated heterocycles. The van der Waals surface area contributed by atoms with E-state index in [1.807, 2.05) is 12.1 Å². The maximum Gasteiger partial charge on any atom is 0.337 e. The van der Waals surface area contributed by atoms with Crippen LogP contribution in [0.4, 0.5) is 5.69 Å². The van der Waals surface area contributed by atoms with E-state index in [1.54, 1.807) is 12.1 Å². The normalized spacial score (nSPS) is 15.1. The highest BCUT2D eigenvalue weighted by Crippen LogP contribution is 2.34. The highest BCUT2D eigenvalue weighted by atomic mass is 32.1. The molecule has 2 aromatic carbocycles. The van der Waals surface area contributed by atoms with Gasteiger partial charge in [-0.05, 0) is 61.7 Å². The molecule has 0 heterocycles. The zero-order chi connectivity index (χ0) is 19.1. The van der Waals surface area contributed by atoms with Crippen LogP contribution in [0.5, 0.6) is 0 Å². The molecule has 0 radical (unpaired) electrons. The number of carbonyl (C=O) groups excluding carboxylic acids is 1. The Hall–Kier alpha value is -2.40. The summed E-state index contributed by atoms with van der Waals surface area (Å²) in [5, 5.41) is 7.41. The molecule has 1 saturated carbocycles. The van der Waals surface area contributed by atoms with Gasteiger partial charge < -0.3 is 15.4 Å². The van der Waals surface area contributed by atoms with Gasteiger partial charge in [0.15, 0.2) is 5.11 Å². The summed E-state index contributed by atoms with van der Waals surface area (Å²) >= 11 is 5.57. The Balaban J connectivity index is 1.62. The van der Waals surface area contributed by atoms with Crippen molar-refractivity contribution in [1.29, 1.82) is 0 Å². The smallest absolute Gasteiger partial charge is 0.337 e. The van der Waals surface area contributed by atoms with Gasteiger partial charge in [0.25, 0.3) is 0 Å². The maximum atomic E-state index is 11.7. The minimum atomic E-state index is -0.354. The minimum absolute atomic E-state index is 0.0416. The molecule has 1 fully saturated rings. The standard InChI is InChI=1S/C22H26N2O2S/c1-26-20(25)18-10-7-11-19(16-18)23-21(27)24-22(13-5-6-14-22)15-12-17-8-3-2-4-9-17/h2-4,7-11,16H,5-6,12-15H2,1H3,(H2,23,24,27). The van der Waals surface area contributed by atoms with E-state index in [-0.39, 0.29) is 11.5 Å². The number of esters is 1. The molecule has 2 N–H and O–H groups in total. The van der Waals surface area contributed by atoms with E-state index in [0.29, 0.717) is 10.7 Å². The predicted octanol–water partition coefficient (Wildman–Crippen LogP) is 4.71. The van der Waals surface area contributed by atoms with Gasteiger partial charge in [-0.3, -0.25) is 0 Å². The zero-order valence-electron chi connectivity index (χ0n) is 15.7. The first kappa shape index (κ1) is 19.4. The lowest BCUT2D eigenvalue weighted by atomic mass is 9.89. The van der Waals surface area contributed by atoms with Crippen molar-refractivity contribution in [2.24, 2.45) is 0 Å². The lowest BCUT2D eigenvalue weighted by molar-refractivity contribution is 0.0601. The van der Waals surface area contributed by atoms with Crippen molar-refractivity contribution in [1.82, 2.24) is 5.32 Å². The molecule has 27 heavy (non-hydrogen) atoms. The number of anilines is 1. The number of methoxy groups -OCH3 is 1. The van der Waals surface area contributed by atoms with Crippen molar-refractivity contribution in [3.05, 3.63) is 65.7 Å². The van der Waals surface area contributed by atoms with E-state index in [4.69, 9.17) is 17.0 Å². The molecule has 0 aromatic heterocycles. The fraction of sp³-hybridized carbons (Fsp3) is 0.364. The Labute approximate surface area is 166 Å². The minimum Gasteiger partial charge on any atom is -0.465 e. The number of benzene rings is 2. The topological polar surface area (TPSA) is 50.4 Å². The van der Waals surface area contributed by atoms with Gasteiger partial charge in [-0.1, -0.05) is 49.2 Å². The van der Waals surface area contributed by atoms with Crippen LogP contribution in [0.1, 0.15) is 48.0 Å². The van der Waals surface area contributed by atoms with E-state index in [9.17, 15) is 4.79 Å². The molecular formula is C22H26N2O2S. The lowest BCUT2D eigenvalue weighted by Gasteiger charge is -2.32. The number of nitrogens with one attached hydrogen (secondary N) is 2. The first-order valence-electron chi connectivity index (χ1n) is 9.42. The van der Waals surface area contributed by atoms with Crippen molar-refractivity contribution in [2.45, 2.75) is 44.1 Å². The number of rotatable bonds is 6. The van der Waals surface area contributed by atoms with Gasteiger partial charge in [0.1, 0.15) is 0 Å². The van der Waals surface area contributed by atoms with Gasteiger partial charge in [0.05, 0.1) is 12.7 Å². The van der Waals surface area contributed by atoms with Gasteiger partial charge in [-0.15, -0.1) is 0 Å². The fourth-order valence-corrected chi connectivity index (χ4v) is 4.10. The molecule has 3 rings (SSSR count). The zero-order valence-corrected chi connectivity index (χ0v) is 16.5. The summed E-state index contributed by atoms with van der Waals surface area (Å²) in [6.45, 7) is 0. The van der Waals surface area contributed by atoms with Crippen molar-refractivity contribution in [2.75, 3.05) is 12.4 Å². The Morgan fingerprint density at radius 3 is 2.56 bits per heavy atom. The molecule has 0 spiro atoms. The van der Waals surface area contributed by atoms with E-state index >= 15 is 0 Å². The van der Waals surface area contributed by atoms with Crippen LogP contribution in [0, 0.1) is 0 Å². The third-order valence-electron chi connectivity index (χ3n) is 5.22. The van der Waals surface area contributed by atoms with E-state index in [2.05, 4.69) is 41.0 Å². The summed E-state index contributed by atoms with van der Waals surface area (Å²) in [7, 11) is 1.38. The lowest BCUT2D eigenvalue weighted by Crippen LogP contribution is -2.48. The summed E-state index contributed by atoms with van der Waals surface area (Å²) < 4.78 is 4.78. The van der Waals surface area contributed by atoms with Crippen LogP contribution >= 0.6 is 12.2 Å². The fourth-order valence-electron chi connectivity index (χ4n) is 3.76. The van der Waals surface area contributed by atoms with Gasteiger partial charge in [0, 0.05) is 11.2 Å². The summed E-state index contributed by atoms with van der Waals surface area (Å²) in [6, 6.07) is 17.8. The first-order valence-corrected chi connectivity index (χ1v) is 9.83. The largest absolute Gasteiger partial charge is 0.465 e. The van der Waals surface area contributed by atoms with Gasteiger partial charge >= 0.3 is 5.97 Å². The number of ether oxygens (including phenoxy) is 1. The molecular weight excluding hydrogens is 356 g/mol. The number of aryl methyl sites for hydroxylation is 1. The summed E-state index contributed by atoms with van der Waals surface area (Å²) in [5.74, 6) is -0.354. The molecule has 142 valence electrons. The monoisotopic (exact) mass is 382 g/mol. The van der Waals surface area contributed by atoms with Gasteiger partial charge in [-0.2, -0.15) is 0 Å². The second-order valence-corrected chi connectivity index (χ2v) is 7.53. The maximum absolute atomic E-state index is 11.7. The number of thiocarbonyl (C=S) groups is 1.